The molecule has 4 aromatic rings. The van der Waals surface area contributed by atoms with Gasteiger partial charge in [0.2, 0.25) is 0 Å². The van der Waals surface area contributed by atoms with Gasteiger partial charge in [0.15, 0.2) is 11.8 Å². The van der Waals surface area contributed by atoms with Gasteiger partial charge in [-0.1, -0.05) is 11.6 Å². The third kappa shape index (κ3) is 3.70. The molecule has 186 valence electrons. The Labute approximate surface area is 210 Å². The number of imidazole rings is 1. The first kappa shape index (κ1) is 22.0. The number of aromatic amines is 1. The Balaban J connectivity index is 1.10. The monoisotopic (exact) mass is 509 g/mol. The lowest BCUT2D eigenvalue weighted by atomic mass is 10.1. The molecular weight excluding hydrogens is 486 g/mol. The van der Waals surface area contributed by atoms with Crippen molar-refractivity contribution in [1.29, 1.82) is 0 Å². The van der Waals surface area contributed by atoms with Gasteiger partial charge in [-0.05, 0) is 30.5 Å². The van der Waals surface area contributed by atoms with Crippen molar-refractivity contribution in [3.63, 3.8) is 0 Å². The normalized spacial score (nSPS) is 26.9. The van der Waals surface area contributed by atoms with Gasteiger partial charge in [0.1, 0.15) is 24.1 Å². The quantitative estimate of drug-likeness (QED) is 0.371. The molecule has 2 aliphatic heterocycles. The van der Waals surface area contributed by atoms with Crippen LogP contribution in [0.5, 0.6) is 6.01 Å². The van der Waals surface area contributed by atoms with Crippen molar-refractivity contribution >= 4 is 28.6 Å². The first-order valence-electron chi connectivity index (χ1n) is 11.9. The number of hydrogen-bond donors (Lipinski definition) is 3. The molecule has 2 unspecified atom stereocenters. The highest BCUT2D eigenvalue weighted by Crippen LogP contribution is 2.37. The van der Waals surface area contributed by atoms with Gasteiger partial charge in [0, 0.05) is 30.6 Å². The van der Waals surface area contributed by atoms with Crippen LogP contribution in [0.1, 0.15) is 23.7 Å². The highest BCUT2D eigenvalue weighted by atomic mass is 35.5. The number of anilines is 1. The molecule has 5 atom stereocenters. The maximum absolute atomic E-state index is 9.94. The average molecular weight is 510 g/mol. The first-order chi connectivity index (χ1) is 17.5. The second-order valence-corrected chi connectivity index (χ2v) is 9.87. The Bertz CT molecular complexity index is 1460. The lowest BCUT2D eigenvalue weighted by molar-refractivity contribution is 0.00706. The van der Waals surface area contributed by atoms with Gasteiger partial charge in [-0.15, -0.1) is 0 Å². The number of nitrogens with zero attached hydrogens (tertiary/aromatic N) is 5. The lowest BCUT2D eigenvalue weighted by Crippen LogP contribution is -2.34. The number of ether oxygens (including phenoxy) is 3. The van der Waals surface area contributed by atoms with Crippen molar-refractivity contribution in [2.24, 2.45) is 7.05 Å². The highest BCUT2D eigenvalue weighted by molar-refractivity contribution is 6.33. The Morgan fingerprint density at radius 2 is 2.06 bits per heavy atom. The van der Waals surface area contributed by atoms with Gasteiger partial charge < -0.3 is 29.6 Å². The van der Waals surface area contributed by atoms with E-state index in [1.165, 1.54) is 5.56 Å². The van der Waals surface area contributed by atoms with Crippen molar-refractivity contribution in [2.75, 3.05) is 18.5 Å². The Morgan fingerprint density at radius 1 is 1.17 bits per heavy atom. The number of aliphatic hydroxyl groups is 1. The second kappa shape index (κ2) is 8.41. The number of rotatable bonds is 5. The first-order valence-corrected chi connectivity index (χ1v) is 12.3. The summed E-state index contributed by atoms with van der Waals surface area (Å²) in [4.78, 5) is 17.0. The summed E-state index contributed by atoms with van der Waals surface area (Å²) in [7, 11) is 1.90. The predicted molar refractivity (Wildman–Crippen MR) is 130 cm³/mol. The van der Waals surface area contributed by atoms with Crippen molar-refractivity contribution in [3.05, 3.63) is 47.0 Å². The van der Waals surface area contributed by atoms with E-state index in [2.05, 4.69) is 31.4 Å². The molecular formula is C24H24ClN7O4. The zero-order chi connectivity index (χ0) is 24.4. The fourth-order valence-electron chi connectivity index (χ4n) is 5.25. The van der Waals surface area contributed by atoms with Crippen molar-refractivity contribution in [2.45, 2.75) is 43.3 Å². The average Bonchev–Trinajstić information content (AvgIpc) is 3.67. The van der Waals surface area contributed by atoms with E-state index in [9.17, 15) is 5.11 Å². The maximum Gasteiger partial charge on any atom is 0.296 e. The molecule has 3 N–H and O–H groups in total. The number of hydrogen-bond acceptors (Lipinski definition) is 9. The number of pyridine rings is 2. The maximum atomic E-state index is 9.94. The number of aryl methyl sites for hydroxylation is 2. The number of H-pyrrole nitrogens is 1. The van der Waals surface area contributed by atoms with Crippen LogP contribution in [0.4, 0.5) is 5.82 Å². The molecule has 6 heterocycles. The van der Waals surface area contributed by atoms with E-state index in [-0.39, 0.29) is 31.0 Å². The largest absolute Gasteiger partial charge is 0.456 e. The number of nitrogens with one attached hydrogen (secondary N) is 2. The van der Waals surface area contributed by atoms with E-state index in [4.69, 9.17) is 30.8 Å². The van der Waals surface area contributed by atoms with E-state index >= 15 is 0 Å². The number of fused-ring (bicyclic) bond motifs is 3. The highest BCUT2D eigenvalue weighted by Gasteiger charge is 2.48. The molecule has 0 amide bonds. The van der Waals surface area contributed by atoms with Crippen LogP contribution < -0.4 is 10.1 Å². The molecule has 7 rings (SSSR count). The number of halogens is 1. The summed E-state index contributed by atoms with van der Waals surface area (Å²) in [6.07, 6.45) is 5.83. The number of aliphatic hydroxyl groups excluding tert-OH is 1. The van der Waals surface area contributed by atoms with Gasteiger partial charge in [-0.3, -0.25) is 9.67 Å². The molecule has 0 radical (unpaired) electrons. The minimum Gasteiger partial charge on any atom is -0.456 e. The van der Waals surface area contributed by atoms with Crippen LogP contribution in [0.3, 0.4) is 0 Å². The summed E-state index contributed by atoms with van der Waals surface area (Å²) in [6, 6.07) is 4.27. The van der Waals surface area contributed by atoms with Gasteiger partial charge in [-0.25, -0.2) is 4.98 Å². The molecule has 11 nitrogen and oxygen atoms in total. The van der Waals surface area contributed by atoms with Gasteiger partial charge in [0.05, 0.1) is 41.7 Å². The Hall–Kier alpha value is -3.25. The summed E-state index contributed by atoms with van der Waals surface area (Å²) in [5, 5.41) is 18.1. The smallest absolute Gasteiger partial charge is 0.296 e. The molecule has 0 bridgehead atoms. The van der Waals surface area contributed by atoms with Crippen LogP contribution in [0.25, 0.3) is 22.3 Å². The van der Waals surface area contributed by atoms with Gasteiger partial charge >= 0.3 is 0 Å². The third-order valence-corrected chi connectivity index (χ3v) is 7.32. The Morgan fingerprint density at radius 3 is 2.92 bits per heavy atom. The Kier molecular flexibility index (Phi) is 5.14. The lowest BCUT2D eigenvalue weighted by Gasteiger charge is -2.15. The topological polar surface area (TPSA) is 132 Å². The summed E-state index contributed by atoms with van der Waals surface area (Å²) in [5.74, 6) is 0.546. The van der Waals surface area contributed by atoms with Crippen LogP contribution in [0.15, 0.2) is 30.7 Å². The van der Waals surface area contributed by atoms with E-state index in [1.807, 2.05) is 25.6 Å². The molecule has 0 spiro atoms. The molecule has 12 heteroatoms. The summed E-state index contributed by atoms with van der Waals surface area (Å²) >= 11 is 6.57. The van der Waals surface area contributed by atoms with Crippen molar-refractivity contribution in [3.8, 4) is 17.1 Å². The van der Waals surface area contributed by atoms with Crippen LogP contribution in [-0.2, 0) is 22.9 Å². The SMILES string of the molecule is Cn1cc(-c2cnc3c(c2)CCC3Nc2nc3nc(O[C@@H]4COC5[C@H](O)CO[C@@H]54)[nH]c3cc2Cl)cn1. The predicted octanol–water partition coefficient (Wildman–Crippen LogP) is 2.41. The van der Waals surface area contributed by atoms with Crippen molar-refractivity contribution in [1.82, 2.24) is 29.7 Å². The molecule has 2 fully saturated rings. The van der Waals surface area contributed by atoms with Crippen molar-refractivity contribution < 1.29 is 19.3 Å². The van der Waals surface area contributed by atoms with Gasteiger partial charge in [-0.2, -0.15) is 10.1 Å². The fourth-order valence-corrected chi connectivity index (χ4v) is 5.45. The molecule has 4 aromatic heterocycles. The molecule has 36 heavy (non-hydrogen) atoms. The van der Waals surface area contributed by atoms with Crippen LogP contribution in [-0.4, -0.2) is 72.5 Å². The molecule has 2 saturated heterocycles. The van der Waals surface area contributed by atoms with E-state index < -0.39 is 6.10 Å². The second-order valence-electron chi connectivity index (χ2n) is 9.46. The third-order valence-electron chi connectivity index (χ3n) is 7.03. The van der Waals surface area contributed by atoms with Crippen LogP contribution in [0.2, 0.25) is 5.02 Å². The molecule has 3 aliphatic rings. The standard InChI is InChI=1S/C24H24ClN7O4/c1-32-8-13(7-27-32)12-4-11-2-3-15(19(11)26-6-12)28-22-14(25)5-16-23(30-22)31-24(29-16)36-18-10-35-20-17(33)9-34-21(18)20/h4-8,15,17-18,20-21,33H,2-3,9-10H2,1H3,(H2,28,29,30,31)/t15?,17-,18-,20?,21-/m1/s1. The van der Waals surface area contributed by atoms with Crippen LogP contribution in [0, 0.1) is 0 Å². The number of aromatic nitrogens is 6. The zero-order valence-electron chi connectivity index (χ0n) is 19.4. The summed E-state index contributed by atoms with van der Waals surface area (Å²) < 4.78 is 19.0. The summed E-state index contributed by atoms with van der Waals surface area (Å²) in [5.41, 5.74) is 5.46. The van der Waals surface area contributed by atoms with Gasteiger partial charge in [0.25, 0.3) is 6.01 Å². The molecule has 0 aromatic carbocycles. The molecule has 0 saturated carbocycles. The minimum atomic E-state index is -0.634. The molecule has 1 aliphatic carbocycles. The summed E-state index contributed by atoms with van der Waals surface area (Å²) in [6.45, 7) is 0.562. The minimum absolute atomic E-state index is 0.00132. The van der Waals surface area contributed by atoms with E-state index in [0.717, 1.165) is 29.7 Å². The van der Waals surface area contributed by atoms with Crippen LogP contribution >= 0.6 is 11.6 Å². The van der Waals surface area contributed by atoms with E-state index in [0.29, 0.717) is 34.6 Å². The zero-order valence-corrected chi connectivity index (χ0v) is 20.1. The van der Waals surface area contributed by atoms with E-state index in [1.54, 1.807) is 10.7 Å². The fraction of sp³-hybridized carbons (Fsp3) is 0.417.